The van der Waals surface area contributed by atoms with Crippen molar-refractivity contribution in [2.24, 2.45) is 11.7 Å². The highest BCUT2D eigenvalue weighted by Gasteiger charge is 2.34. The third-order valence-electron chi connectivity index (χ3n) is 3.92. The Kier molecular flexibility index (Phi) is 4.81. The van der Waals surface area contributed by atoms with Crippen LogP contribution in [0, 0.1) is 5.92 Å². The Morgan fingerprint density at radius 1 is 1.29 bits per heavy atom. The minimum absolute atomic E-state index is 0.187. The first-order valence-electron chi connectivity index (χ1n) is 7.49. The molecular weight excluding hydrogens is 277 g/mol. The molecule has 0 unspecified atom stereocenters. The van der Waals surface area contributed by atoms with Crippen LogP contribution in [0.4, 0.5) is 18.9 Å². The number of anilines is 1. The van der Waals surface area contributed by atoms with Crippen molar-refractivity contribution < 1.29 is 13.2 Å². The number of alkyl halides is 3. The number of hydrogen-bond acceptors (Lipinski definition) is 2. The molecule has 0 amide bonds. The molecule has 0 radical (unpaired) electrons. The zero-order chi connectivity index (χ0) is 15.6. The summed E-state index contributed by atoms with van der Waals surface area (Å²) >= 11 is 0. The summed E-state index contributed by atoms with van der Waals surface area (Å²) in [5.41, 5.74) is 5.80. The van der Waals surface area contributed by atoms with Gasteiger partial charge in [-0.3, -0.25) is 0 Å². The molecule has 0 bridgehead atoms. The van der Waals surface area contributed by atoms with E-state index in [0.29, 0.717) is 11.6 Å². The quantitative estimate of drug-likeness (QED) is 0.865. The molecule has 118 valence electrons. The van der Waals surface area contributed by atoms with Gasteiger partial charge in [0, 0.05) is 18.3 Å². The highest BCUT2D eigenvalue weighted by Crippen LogP contribution is 2.37. The zero-order valence-corrected chi connectivity index (χ0v) is 12.6. The van der Waals surface area contributed by atoms with E-state index in [1.54, 1.807) is 12.1 Å². The second-order valence-electron chi connectivity index (χ2n) is 6.07. The molecule has 0 aromatic heterocycles. The number of hydrogen-bond donors (Lipinski definition) is 1. The molecule has 21 heavy (non-hydrogen) atoms. The van der Waals surface area contributed by atoms with Gasteiger partial charge in [0.1, 0.15) is 0 Å². The van der Waals surface area contributed by atoms with Crippen molar-refractivity contribution in [3.8, 4) is 0 Å². The van der Waals surface area contributed by atoms with Gasteiger partial charge in [0.25, 0.3) is 0 Å². The molecule has 0 heterocycles. The summed E-state index contributed by atoms with van der Waals surface area (Å²) in [4.78, 5) is 2.07. The summed E-state index contributed by atoms with van der Waals surface area (Å²) in [5.74, 6) is 0.630. The number of nitrogens with two attached hydrogens (primary N) is 1. The van der Waals surface area contributed by atoms with E-state index in [9.17, 15) is 13.2 Å². The van der Waals surface area contributed by atoms with Crippen LogP contribution >= 0.6 is 0 Å². The van der Waals surface area contributed by atoms with Gasteiger partial charge in [0.2, 0.25) is 0 Å². The minimum Gasteiger partial charge on any atom is -0.369 e. The van der Waals surface area contributed by atoms with Gasteiger partial charge in [-0.2, -0.15) is 13.2 Å². The molecule has 5 heteroatoms. The smallest absolute Gasteiger partial charge is 0.369 e. The molecule has 0 saturated heterocycles. The van der Waals surface area contributed by atoms with E-state index in [-0.39, 0.29) is 24.6 Å². The van der Waals surface area contributed by atoms with Crippen LogP contribution in [0.5, 0.6) is 0 Å². The van der Waals surface area contributed by atoms with Crippen LogP contribution in [0.15, 0.2) is 18.2 Å². The lowest BCUT2D eigenvalue weighted by atomic mass is 10.0. The maximum Gasteiger partial charge on any atom is 0.416 e. The Balaban J connectivity index is 2.34. The zero-order valence-electron chi connectivity index (χ0n) is 12.6. The fourth-order valence-corrected chi connectivity index (χ4v) is 2.57. The SMILES string of the molecule is CC(C)N(CC1CC1)c1ccc(CCN)c(C(F)(F)F)c1. The Hall–Kier alpha value is -1.23. The number of benzene rings is 1. The normalized spacial score (nSPS) is 15.6. The van der Waals surface area contributed by atoms with Crippen LogP contribution in [-0.2, 0) is 12.6 Å². The van der Waals surface area contributed by atoms with Crippen LogP contribution in [0.25, 0.3) is 0 Å². The third-order valence-corrected chi connectivity index (χ3v) is 3.92. The van der Waals surface area contributed by atoms with Gasteiger partial charge in [-0.15, -0.1) is 0 Å². The van der Waals surface area contributed by atoms with Gasteiger partial charge in [-0.05, 0) is 63.3 Å². The lowest BCUT2D eigenvalue weighted by Crippen LogP contribution is -2.33. The molecule has 1 aromatic rings. The highest BCUT2D eigenvalue weighted by atomic mass is 19.4. The fourth-order valence-electron chi connectivity index (χ4n) is 2.57. The van der Waals surface area contributed by atoms with E-state index in [1.165, 1.54) is 18.9 Å². The lowest BCUT2D eigenvalue weighted by molar-refractivity contribution is -0.138. The van der Waals surface area contributed by atoms with E-state index in [1.807, 2.05) is 13.8 Å². The Morgan fingerprint density at radius 2 is 1.95 bits per heavy atom. The average Bonchev–Trinajstić information content (AvgIpc) is 3.19. The molecule has 0 aliphatic heterocycles. The summed E-state index contributed by atoms with van der Waals surface area (Å²) in [6.07, 6.45) is -1.72. The summed E-state index contributed by atoms with van der Waals surface area (Å²) in [7, 11) is 0. The standard InChI is InChI=1S/C16H23F3N2/c1-11(2)21(10-12-3-4-12)14-6-5-13(7-8-20)15(9-14)16(17,18)19/h5-6,9,11-12H,3-4,7-8,10,20H2,1-2H3. The van der Waals surface area contributed by atoms with Crippen LogP contribution in [-0.4, -0.2) is 19.1 Å². The highest BCUT2D eigenvalue weighted by molar-refractivity contribution is 5.53. The first kappa shape index (κ1) is 16.1. The first-order valence-corrected chi connectivity index (χ1v) is 7.49. The largest absolute Gasteiger partial charge is 0.416 e. The van der Waals surface area contributed by atoms with Crippen molar-refractivity contribution >= 4 is 5.69 Å². The maximum atomic E-state index is 13.2. The predicted molar refractivity (Wildman–Crippen MR) is 79.4 cm³/mol. The minimum atomic E-state index is -4.33. The average molecular weight is 300 g/mol. The number of nitrogens with zero attached hydrogens (tertiary/aromatic N) is 1. The summed E-state index contributed by atoms with van der Waals surface area (Å²) in [6.45, 7) is 5.09. The molecule has 2 rings (SSSR count). The molecule has 1 saturated carbocycles. The summed E-state index contributed by atoms with van der Waals surface area (Å²) in [6, 6.07) is 4.84. The van der Waals surface area contributed by atoms with E-state index in [2.05, 4.69) is 4.90 Å². The van der Waals surface area contributed by atoms with Crippen molar-refractivity contribution in [1.29, 1.82) is 0 Å². The van der Waals surface area contributed by atoms with Gasteiger partial charge in [-0.1, -0.05) is 6.07 Å². The molecular formula is C16H23F3N2. The van der Waals surface area contributed by atoms with E-state index < -0.39 is 11.7 Å². The van der Waals surface area contributed by atoms with Crippen molar-refractivity contribution in [3.63, 3.8) is 0 Å². The second-order valence-corrected chi connectivity index (χ2v) is 6.07. The lowest BCUT2D eigenvalue weighted by Gasteiger charge is -2.30. The molecule has 1 aliphatic carbocycles. The molecule has 2 N–H and O–H groups in total. The molecule has 1 fully saturated rings. The predicted octanol–water partition coefficient (Wildman–Crippen LogP) is 3.83. The molecule has 1 aromatic carbocycles. The maximum absolute atomic E-state index is 13.2. The van der Waals surface area contributed by atoms with Crippen molar-refractivity contribution in [3.05, 3.63) is 29.3 Å². The van der Waals surface area contributed by atoms with Gasteiger partial charge < -0.3 is 10.6 Å². The first-order chi connectivity index (χ1) is 9.82. The van der Waals surface area contributed by atoms with Crippen molar-refractivity contribution in [2.75, 3.05) is 18.0 Å². The third kappa shape index (κ3) is 4.13. The van der Waals surface area contributed by atoms with Gasteiger partial charge in [0.15, 0.2) is 0 Å². The van der Waals surface area contributed by atoms with Gasteiger partial charge >= 0.3 is 6.18 Å². The molecule has 0 atom stereocenters. The number of halogens is 3. The van der Waals surface area contributed by atoms with Crippen LogP contribution < -0.4 is 10.6 Å². The van der Waals surface area contributed by atoms with E-state index in [0.717, 1.165) is 6.54 Å². The fraction of sp³-hybridized carbons (Fsp3) is 0.625. The topological polar surface area (TPSA) is 29.3 Å². The molecule has 2 nitrogen and oxygen atoms in total. The van der Waals surface area contributed by atoms with Crippen molar-refractivity contribution in [2.45, 2.75) is 45.3 Å². The second kappa shape index (κ2) is 6.26. The Labute approximate surface area is 124 Å². The monoisotopic (exact) mass is 300 g/mol. The van der Waals surface area contributed by atoms with Gasteiger partial charge in [0.05, 0.1) is 5.56 Å². The summed E-state index contributed by atoms with van der Waals surface area (Å²) < 4.78 is 39.7. The molecule has 0 spiro atoms. The van der Waals surface area contributed by atoms with Crippen molar-refractivity contribution in [1.82, 2.24) is 0 Å². The van der Waals surface area contributed by atoms with Crippen LogP contribution in [0.1, 0.15) is 37.8 Å². The van der Waals surface area contributed by atoms with Crippen LogP contribution in [0.3, 0.4) is 0 Å². The Bertz CT molecular complexity index is 479. The number of rotatable bonds is 6. The van der Waals surface area contributed by atoms with E-state index in [4.69, 9.17) is 5.73 Å². The van der Waals surface area contributed by atoms with Crippen LogP contribution in [0.2, 0.25) is 0 Å². The summed E-state index contributed by atoms with van der Waals surface area (Å²) in [5, 5.41) is 0. The molecule has 1 aliphatic rings. The van der Waals surface area contributed by atoms with E-state index >= 15 is 0 Å². The Morgan fingerprint density at radius 3 is 2.43 bits per heavy atom. The van der Waals surface area contributed by atoms with Gasteiger partial charge in [-0.25, -0.2) is 0 Å².